The van der Waals surface area contributed by atoms with E-state index in [1.54, 1.807) is 6.07 Å². The van der Waals surface area contributed by atoms with Crippen molar-refractivity contribution in [3.8, 4) is 0 Å². The molecule has 0 aliphatic heterocycles. The van der Waals surface area contributed by atoms with Gasteiger partial charge in [0, 0.05) is 6.04 Å². The highest BCUT2D eigenvalue weighted by Crippen LogP contribution is 2.27. The molecule has 0 aromatic heterocycles. The maximum atomic E-state index is 13.1. The van der Waals surface area contributed by atoms with Crippen LogP contribution in [0.5, 0.6) is 0 Å². The first kappa shape index (κ1) is 10.6. The summed E-state index contributed by atoms with van der Waals surface area (Å²) in [6.45, 7) is 1.81. The Morgan fingerprint density at radius 1 is 1.40 bits per heavy atom. The molecular weight excluding hydrogens is 189 g/mol. The molecule has 0 saturated heterocycles. The monoisotopic (exact) mass is 207 g/mol. The highest BCUT2D eigenvalue weighted by molar-refractivity contribution is 5.24. The molecule has 15 heavy (non-hydrogen) atoms. The number of rotatable bonds is 2. The summed E-state index contributed by atoms with van der Waals surface area (Å²) in [4.78, 5) is 0. The molecule has 0 amide bonds. The molecule has 1 aromatic rings. The Bertz CT molecular complexity index is 348. The molecule has 2 rings (SSSR count). The first-order chi connectivity index (χ1) is 7.16. The van der Waals surface area contributed by atoms with E-state index < -0.39 is 0 Å². The number of halogens is 1. The van der Waals surface area contributed by atoms with Crippen LogP contribution in [0.15, 0.2) is 18.2 Å². The van der Waals surface area contributed by atoms with Gasteiger partial charge in [0.1, 0.15) is 5.82 Å². The van der Waals surface area contributed by atoms with Gasteiger partial charge in [0.25, 0.3) is 0 Å². The zero-order chi connectivity index (χ0) is 10.8. The zero-order valence-electron chi connectivity index (χ0n) is 9.17. The average molecular weight is 207 g/mol. The maximum absolute atomic E-state index is 13.1. The summed E-state index contributed by atoms with van der Waals surface area (Å²) in [6, 6.07) is 5.73. The Kier molecular flexibility index (Phi) is 3.06. The molecule has 0 radical (unpaired) electrons. The second kappa shape index (κ2) is 4.31. The molecule has 1 aromatic carbocycles. The van der Waals surface area contributed by atoms with E-state index in [9.17, 15) is 4.39 Å². The van der Waals surface area contributed by atoms with Crippen LogP contribution in [0.4, 0.5) is 4.39 Å². The summed E-state index contributed by atoms with van der Waals surface area (Å²) in [5.41, 5.74) is 7.97. The lowest BCUT2D eigenvalue weighted by atomic mass is 9.94. The predicted molar refractivity (Wildman–Crippen MR) is 60.2 cm³/mol. The summed E-state index contributed by atoms with van der Waals surface area (Å²) < 4.78 is 13.1. The second-order valence-electron chi connectivity index (χ2n) is 4.64. The lowest BCUT2D eigenvalue weighted by Crippen LogP contribution is -2.25. The van der Waals surface area contributed by atoms with Crippen LogP contribution < -0.4 is 5.73 Å². The van der Waals surface area contributed by atoms with Gasteiger partial charge in [-0.2, -0.15) is 0 Å². The number of hydrogen-bond donors (Lipinski definition) is 1. The molecule has 1 aliphatic carbocycles. The smallest absolute Gasteiger partial charge is 0.126 e. The minimum absolute atomic E-state index is 0.116. The molecule has 2 unspecified atom stereocenters. The summed E-state index contributed by atoms with van der Waals surface area (Å²) in [5, 5.41) is 0. The number of hydrogen-bond acceptors (Lipinski definition) is 1. The third-order valence-corrected chi connectivity index (χ3v) is 3.44. The van der Waals surface area contributed by atoms with Crippen molar-refractivity contribution in [2.45, 2.75) is 38.6 Å². The van der Waals surface area contributed by atoms with Crippen molar-refractivity contribution in [3.63, 3.8) is 0 Å². The van der Waals surface area contributed by atoms with Gasteiger partial charge in [0.2, 0.25) is 0 Å². The first-order valence-corrected chi connectivity index (χ1v) is 5.67. The number of benzene rings is 1. The van der Waals surface area contributed by atoms with Crippen molar-refractivity contribution in [2.75, 3.05) is 0 Å². The SMILES string of the molecule is Cc1cc(CC2CCCC2N)ccc1F. The van der Waals surface area contributed by atoms with E-state index in [1.165, 1.54) is 18.4 Å². The maximum Gasteiger partial charge on any atom is 0.126 e. The molecule has 2 heteroatoms. The van der Waals surface area contributed by atoms with Crippen LogP contribution in [-0.2, 0) is 6.42 Å². The Morgan fingerprint density at radius 2 is 2.20 bits per heavy atom. The summed E-state index contributed by atoms with van der Waals surface area (Å²) >= 11 is 0. The fourth-order valence-electron chi connectivity index (χ4n) is 2.46. The van der Waals surface area contributed by atoms with Crippen LogP contribution in [0.1, 0.15) is 30.4 Å². The van der Waals surface area contributed by atoms with Crippen molar-refractivity contribution in [2.24, 2.45) is 11.7 Å². The molecule has 1 nitrogen and oxygen atoms in total. The van der Waals surface area contributed by atoms with Crippen molar-refractivity contribution < 1.29 is 4.39 Å². The van der Waals surface area contributed by atoms with Crippen LogP contribution in [0, 0.1) is 18.7 Å². The van der Waals surface area contributed by atoms with Gasteiger partial charge in [0.15, 0.2) is 0 Å². The fraction of sp³-hybridized carbons (Fsp3) is 0.538. The molecule has 2 atom stereocenters. The second-order valence-corrected chi connectivity index (χ2v) is 4.64. The molecule has 0 spiro atoms. The highest BCUT2D eigenvalue weighted by Gasteiger charge is 2.23. The van der Waals surface area contributed by atoms with Crippen LogP contribution in [0.25, 0.3) is 0 Å². The molecule has 1 saturated carbocycles. The number of aryl methyl sites for hydroxylation is 1. The van der Waals surface area contributed by atoms with Crippen LogP contribution in [0.3, 0.4) is 0 Å². The van der Waals surface area contributed by atoms with E-state index in [4.69, 9.17) is 5.73 Å². The quantitative estimate of drug-likeness (QED) is 0.793. The van der Waals surface area contributed by atoms with Gasteiger partial charge in [0.05, 0.1) is 0 Å². The van der Waals surface area contributed by atoms with E-state index in [-0.39, 0.29) is 5.82 Å². The molecular formula is C13H18FN. The topological polar surface area (TPSA) is 26.0 Å². The first-order valence-electron chi connectivity index (χ1n) is 5.67. The van der Waals surface area contributed by atoms with Gasteiger partial charge in [-0.3, -0.25) is 0 Å². The van der Waals surface area contributed by atoms with E-state index in [1.807, 2.05) is 19.1 Å². The van der Waals surface area contributed by atoms with Gasteiger partial charge < -0.3 is 5.73 Å². The molecule has 0 heterocycles. The van der Waals surface area contributed by atoms with Gasteiger partial charge in [-0.25, -0.2) is 4.39 Å². The van der Waals surface area contributed by atoms with Gasteiger partial charge in [-0.05, 0) is 49.3 Å². The minimum atomic E-state index is -0.116. The van der Waals surface area contributed by atoms with Crippen LogP contribution >= 0.6 is 0 Å². The van der Waals surface area contributed by atoms with Crippen molar-refractivity contribution in [1.29, 1.82) is 0 Å². The standard InChI is InChI=1S/C13H18FN/c1-9-7-10(5-6-12(9)14)8-11-3-2-4-13(11)15/h5-7,11,13H,2-4,8,15H2,1H3. The van der Waals surface area contributed by atoms with Gasteiger partial charge in [-0.1, -0.05) is 18.6 Å². The van der Waals surface area contributed by atoms with Crippen LogP contribution in [0.2, 0.25) is 0 Å². The zero-order valence-corrected chi connectivity index (χ0v) is 9.17. The number of nitrogens with two attached hydrogens (primary N) is 1. The lowest BCUT2D eigenvalue weighted by Gasteiger charge is -2.15. The third-order valence-electron chi connectivity index (χ3n) is 3.44. The Balaban J connectivity index is 2.07. The Labute approximate surface area is 90.5 Å². The lowest BCUT2D eigenvalue weighted by molar-refractivity contribution is 0.478. The van der Waals surface area contributed by atoms with Crippen LogP contribution in [-0.4, -0.2) is 6.04 Å². The van der Waals surface area contributed by atoms with E-state index in [0.717, 1.165) is 18.4 Å². The normalized spacial score (nSPS) is 25.8. The third kappa shape index (κ3) is 2.37. The molecule has 0 bridgehead atoms. The van der Waals surface area contributed by atoms with E-state index in [2.05, 4.69) is 0 Å². The van der Waals surface area contributed by atoms with Crippen molar-refractivity contribution in [3.05, 3.63) is 35.1 Å². The predicted octanol–water partition coefficient (Wildman–Crippen LogP) is 2.80. The Morgan fingerprint density at radius 3 is 2.80 bits per heavy atom. The average Bonchev–Trinajstić information content (AvgIpc) is 2.59. The molecule has 1 aliphatic rings. The summed E-state index contributed by atoms with van der Waals surface area (Å²) in [6.07, 6.45) is 4.61. The van der Waals surface area contributed by atoms with Crippen molar-refractivity contribution >= 4 is 0 Å². The minimum Gasteiger partial charge on any atom is -0.327 e. The van der Waals surface area contributed by atoms with Crippen molar-refractivity contribution in [1.82, 2.24) is 0 Å². The fourth-order valence-corrected chi connectivity index (χ4v) is 2.46. The van der Waals surface area contributed by atoms with E-state index in [0.29, 0.717) is 12.0 Å². The molecule has 2 N–H and O–H groups in total. The summed E-state index contributed by atoms with van der Waals surface area (Å²) in [7, 11) is 0. The van der Waals surface area contributed by atoms with Gasteiger partial charge in [-0.15, -0.1) is 0 Å². The molecule has 1 fully saturated rings. The largest absolute Gasteiger partial charge is 0.327 e. The summed E-state index contributed by atoms with van der Waals surface area (Å²) in [5.74, 6) is 0.476. The molecule has 82 valence electrons. The van der Waals surface area contributed by atoms with Gasteiger partial charge >= 0.3 is 0 Å². The highest BCUT2D eigenvalue weighted by atomic mass is 19.1. The van der Waals surface area contributed by atoms with E-state index >= 15 is 0 Å². The Hall–Kier alpha value is -0.890.